The van der Waals surface area contributed by atoms with Crippen LogP contribution in [0.15, 0.2) is 24.3 Å². The molecule has 1 aromatic carbocycles. The van der Waals surface area contributed by atoms with Crippen molar-refractivity contribution in [1.82, 2.24) is 0 Å². The Morgan fingerprint density at radius 1 is 1.38 bits per heavy atom. The first-order valence-electron chi connectivity index (χ1n) is 9.08. The molecule has 4 heterocycles. The minimum absolute atomic E-state index is 0.0515. The van der Waals surface area contributed by atoms with Gasteiger partial charge in [-0.3, -0.25) is 14.4 Å². The molecular formula is C19H22N2O5. The van der Waals surface area contributed by atoms with Crippen LogP contribution in [0.4, 0.5) is 5.69 Å². The Balaban J connectivity index is 1.70. The summed E-state index contributed by atoms with van der Waals surface area (Å²) in [4.78, 5) is 31.6. The minimum atomic E-state index is -0.988. The summed E-state index contributed by atoms with van der Waals surface area (Å²) in [6.07, 6.45) is -0.183. The third kappa shape index (κ3) is 1.63. The van der Waals surface area contributed by atoms with Gasteiger partial charge in [0.05, 0.1) is 19.4 Å². The van der Waals surface area contributed by atoms with E-state index in [1.807, 2.05) is 31.2 Å². The number of benzene rings is 1. The van der Waals surface area contributed by atoms with Crippen molar-refractivity contribution < 1.29 is 23.9 Å². The van der Waals surface area contributed by atoms with Gasteiger partial charge in [0.15, 0.2) is 11.4 Å². The number of fused-ring (bicyclic) bond motifs is 3. The number of nitrogens with zero attached hydrogens (tertiary/aromatic N) is 1. The Kier molecular flexibility index (Phi) is 3.23. The molecule has 4 fully saturated rings. The molecule has 0 aromatic heterocycles. The fourth-order valence-electron chi connectivity index (χ4n) is 5.45. The van der Waals surface area contributed by atoms with Crippen LogP contribution in [0.5, 0.6) is 0 Å². The van der Waals surface area contributed by atoms with E-state index in [0.29, 0.717) is 25.1 Å². The van der Waals surface area contributed by atoms with Gasteiger partial charge in [0.2, 0.25) is 0 Å². The number of carbonyl (C=O) groups is 2. The molecule has 26 heavy (non-hydrogen) atoms. The Hall–Kier alpha value is -1.80. The lowest BCUT2D eigenvalue weighted by atomic mass is 9.72. The second-order valence-electron chi connectivity index (χ2n) is 7.61. The molecule has 1 amide bonds. The van der Waals surface area contributed by atoms with Gasteiger partial charge in [0.1, 0.15) is 17.6 Å². The van der Waals surface area contributed by atoms with Crippen molar-refractivity contribution in [3.05, 3.63) is 29.8 Å². The average molecular weight is 358 g/mol. The van der Waals surface area contributed by atoms with Crippen LogP contribution in [0.25, 0.3) is 0 Å². The molecule has 6 unspecified atom stereocenters. The van der Waals surface area contributed by atoms with Crippen LogP contribution < -0.4 is 10.8 Å². The van der Waals surface area contributed by atoms with Crippen LogP contribution >= 0.6 is 0 Å². The first-order valence-corrected chi connectivity index (χ1v) is 9.08. The molecule has 2 bridgehead atoms. The van der Waals surface area contributed by atoms with E-state index in [2.05, 4.69) is 0 Å². The van der Waals surface area contributed by atoms with Gasteiger partial charge in [-0.05, 0) is 18.1 Å². The fraction of sp³-hybridized carbons (Fsp3) is 0.579. The summed E-state index contributed by atoms with van der Waals surface area (Å²) in [6, 6.07) is 7.16. The lowest BCUT2D eigenvalue weighted by Crippen LogP contribution is -2.54. The Labute approximate surface area is 151 Å². The third-order valence-corrected chi connectivity index (χ3v) is 6.64. The van der Waals surface area contributed by atoms with E-state index >= 15 is 0 Å². The molecule has 1 saturated carbocycles. The summed E-state index contributed by atoms with van der Waals surface area (Å²) in [7, 11) is 1.47. The van der Waals surface area contributed by atoms with Gasteiger partial charge in [-0.15, -0.1) is 0 Å². The zero-order chi connectivity index (χ0) is 18.3. The van der Waals surface area contributed by atoms with Crippen LogP contribution in [0.1, 0.15) is 25.3 Å². The maximum Gasteiger partial charge on any atom is 0.264 e. The SMILES string of the molecule is CCC(=O)C12OC1C1OCC2C(N)CC12C(=O)N(OC)c1ccccc12. The number of para-hydroxylation sites is 1. The Morgan fingerprint density at radius 2 is 2.15 bits per heavy atom. The number of ketones is 1. The second kappa shape index (κ2) is 5.13. The van der Waals surface area contributed by atoms with Crippen molar-refractivity contribution in [1.29, 1.82) is 0 Å². The average Bonchev–Trinajstić information content (AvgIpc) is 3.40. The van der Waals surface area contributed by atoms with E-state index in [9.17, 15) is 9.59 Å². The Bertz CT molecular complexity index is 813. The highest BCUT2D eigenvalue weighted by molar-refractivity contribution is 6.08. The molecule has 1 aromatic rings. The van der Waals surface area contributed by atoms with Gasteiger partial charge in [0.25, 0.3) is 5.91 Å². The molecule has 6 atom stereocenters. The fourth-order valence-corrected chi connectivity index (χ4v) is 5.45. The summed E-state index contributed by atoms with van der Waals surface area (Å²) in [5, 5.41) is 1.32. The van der Waals surface area contributed by atoms with E-state index in [1.165, 1.54) is 12.2 Å². The zero-order valence-electron chi connectivity index (χ0n) is 14.8. The number of amides is 1. The molecule has 3 saturated heterocycles. The van der Waals surface area contributed by atoms with Crippen LogP contribution in [0.3, 0.4) is 0 Å². The van der Waals surface area contributed by atoms with Gasteiger partial charge in [-0.1, -0.05) is 25.1 Å². The number of ether oxygens (including phenoxy) is 2. The first kappa shape index (κ1) is 16.4. The summed E-state index contributed by atoms with van der Waals surface area (Å²) in [5.74, 6) is -0.375. The van der Waals surface area contributed by atoms with Crippen LogP contribution in [0.2, 0.25) is 0 Å². The van der Waals surface area contributed by atoms with Gasteiger partial charge in [-0.2, -0.15) is 5.06 Å². The van der Waals surface area contributed by atoms with E-state index < -0.39 is 23.2 Å². The van der Waals surface area contributed by atoms with Crippen molar-refractivity contribution in [2.45, 2.75) is 49.0 Å². The third-order valence-electron chi connectivity index (χ3n) is 6.64. The molecule has 5 aliphatic rings. The molecule has 7 heteroatoms. The normalized spacial score (nSPS) is 42.6. The number of rotatable bonds is 3. The predicted molar refractivity (Wildman–Crippen MR) is 91.3 cm³/mol. The van der Waals surface area contributed by atoms with Crippen molar-refractivity contribution >= 4 is 17.4 Å². The topological polar surface area (TPSA) is 94.4 Å². The number of epoxide rings is 1. The number of Topliss-reactive ketones (excluding diaryl/α,β-unsaturated/α-hetero) is 1. The molecule has 6 rings (SSSR count). The van der Waals surface area contributed by atoms with E-state index in [-0.39, 0.29) is 23.7 Å². The molecule has 1 spiro atoms. The van der Waals surface area contributed by atoms with Crippen molar-refractivity contribution in [3.63, 3.8) is 0 Å². The monoisotopic (exact) mass is 358 g/mol. The summed E-state index contributed by atoms with van der Waals surface area (Å²) >= 11 is 0. The molecule has 4 aliphatic heterocycles. The van der Waals surface area contributed by atoms with Crippen molar-refractivity contribution in [2.24, 2.45) is 11.7 Å². The lowest BCUT2D eigenvalue weighted by Gasteiger charge is -2.35. The van der Waals surface area contributed by atoms with E-state index in [1.54, 1.807) is 0 Å². The van der Waals surface area contributed by atoms with Crippen LogP contribution in [-0.2, 0) is 29.3 Å². The number of hydrogen-bond donors (Lipinski definition) is 1. The standard InChI is InChI=1S/C19H22N2O5/c1-3-14(22)19-11-9-25-15(16(19)26-19)18(8-12(11)20)10-6-4-5-7-13(10)21(24-2)17(18)23/h4-7,11-12,15-16H,3,8-9,20H2,1-2H3. The minimum Gasteiger partial charge on any atom is -0.373 e. The molecule has 1 aliphatic carbocycles. The largest absolute Gasteiger partial charge is 0.373 e. The summed E-state index contributed by atoms with van der Waals surface area (Å²) in [6.45, 7) is 2.16. The number of nitrogens with two attached hydrogens (primary N) is 1. The van der Waals surface area contributed by atoms with Gasteiger partial charge < -0.3 is 15.2 Å². The van der Waals surface area contributed by atoms with Gasteiger partial charge in [-0.25, -0.2) is 0 Å². The van der Waals surface area contributed by atoms with E-state index in [0.717, 1.165) is 5.56 Å². The van der Waals surface area contributed by atoms with Crippen molar-refractivity contribution in [2.75, 3.05) is 18.8 Å². The van der Waals surface area contributed by atoms with Gasteiger partial charge >= 0.3 is 0 Å². The number of hydrogen-bond acceptors (Lipinski definition) is 6. The molecule has 2 N–H and O–H groups in total. The zero-order valence-corrected chi connectivity index (χ0v) is 14.8. The molecular weight excluding hydrogens is 336 g/mol. The second-order valence-corrected chi connectivity index (χ2v) is 7.61. The predicted octanol–water partition coefficient (Wildman–Crippen LogP) is 0.695. The number of carbonyl (C=O) groups excluding carboxylic acids is 2. The Morgan fingerprint density at radius 3 is 2.88 bits per heavy atom. The van der Waals surface area contributed by atoms with Crippen molar-refractivity contribution in [3.8, 4) is 0 Å². The van der Waals surface area contributed by atoms with Crippen LogP contribution in [-0.4, -0.2) is 49.3 Å². The van der Waals surface area contributed by atoms with E-state index in [4.69, 9.17) is 20.0 Å². The maximum absolute atomic E-state index is 13.5. The number of hydroxylamine groups is 1. The molecule has 7 nitrogen and oxygen atoms in total. The highest BCUT2D eigenvalue weighted by Gasteiger charge is 2.79. The smallest absolute Gasteiger partial charge is 0.264 e. The quantitative estimate of drug-likeness (QED) is 0.799. The maximum atomic E-state index is 13.5. The first-order chi connectivity index (χ1) is 12.5. The summed E-state index contributed by atoms with van der Waals surface area (Å²) < 4.78 is 12.2. The van der Waals surface area contributed by atoms with Gasteiger partial charge in [0, 0.05) is 18.4 Å². The lowest BCUT2D eigenvalue weighted by molar-refractivity contribution is -0.138. The highest BCUT2D eigenvalue weighted by atomic mass is 16.7. The number of anilines is 1. The molecule has 138 valence electrons. The summed E-state index contributed by atoms with van der Waals surface area (Å²) in [5.41, 5.74) is 6.21. The van der Waals surface area contributed by atoms with Crippen LogP contribution in [0, 0.1) is 5.92 Å². The molecule has 0 radical (unpaired) electrons. The highest BCUT2D eigenvalue weighted by Crippen LogP contribution is 2.62.